The lowest BCUT2D eigenvalue weighted by Gasteiger charge is -2.26. The molecular formula is C17H23N3O. The third kappa shape index (κ3) is 2.80. The van der Waals surface area contributed by atoms with Crippen molar-refractivity contribution in [1.29, 1.82) is 0 Å². The van der Waals surface area contributed by atoms with Gasteiger partial charge in [0.1, 0.15) is 5.82 Å². The lowest BCUT2D eigenvalue weighted by molar-refractivity contribution is -0.128. The van der Waals surface area contributed by atoms with E-state index in [1.165, 1.54) is 37.6 Å². The van der Waals surface area contributed by atoms with E-state index in [1.807, 2.05) is 13.1 Å². The van der Waals surface area contributed by atoms with Crippen LogP contribution < -0.4 is 0 Å². The molecule has 1 fully saturated rings. The Labute approximate surface area is 125 Å². The molecule has 1 aliphatic rings. The maximum atomic E-state index is 11.5. The predicted octanol–water partition coefficient (Wildman–Crippen LogP) is 3.52. The van der Waals surface area contributed by atoms with Crippen LogP contribution in [0, 0.1) is 0 Å². The quantitative estimate of drug-likeness (QED) is 0.865. The first-order valence-corrected chi connectivity index (χ1v) is 7.84. The van der Waals surface area contributed by atoms with Crippen LogP contribution >= 0.6 is 0 Å². The zero-order valence-electron chi connectivity index (χ0n) is 12.9. The lowest BCUT2D eigenvalue weighted by Crippen LogP contribution is -2.26. The Bertz CT molecular complexity index is 641. The van der Waals surface area contributed by atoms with Gasteiger partial charge in [0.15, 0.2) is 0 Å². The average Bonchev–Trinajstić information content (AvgIpc) is 2.85. The number of carbonyl (C=O) groups excluding carboxylic acids is 1. The van der Waals surface area contributed by atoms with Crippen molar-refractivity contribution in [2.75, 3.05) is 7.05 Å². The molecule has 0 radical (unpaired) electrons. The Kier molecular flexibility index (Phi) is 3.95. The number of benzene rings is 1. The van der Waals surface area contributed by atoms with Crippen molar-refractivity contribution in [3.8, 4) is 0 Å². The summed E-state index contributed by atoms with van der Waals surface area (Å²) in [5, 5.41) is 0. The maximum Gasteiger partial charge on any atom is 0.219 e. The number of carbonyl (C=O) groups is 1. The number of para-hydroxylation sites is 2. The van der Waals surface area contributed by atoms with Gasteiger partial charge in [0.05, 0.1) is 17.6 Å². The van der Waals surface area contributed by atoms with Crippen molar-refractivity contribution in [2.24, 2.45) is 0 Å². The smallest absolute Gasteiger partial charge is 0.219 e. The molecule has 1 amide bonds. The highest BCUT2D eigenvalue weighted by atomic mass is 16.2. The molecule has 112 valence electrons. The summed E-state index contributed by atoms with van der Waals surface area (Å²) in [4.78, 5) is 18.1. The summed E-state index contributed by atoms with van der Waals surface area (Å²) < 4.78 is 2.38. The molecule has 1 aromatic carbocycles. The minimum Gasteiger partial charge on any atom is -0.339 e. The standard InChI is InChI=1S/C17H23N3O/c1-13(21)19(2)12-17-18-15-10-6-7-11-16(15)20(17)14-8-4-3-5-9-14/h6-7,10-11,14H,3-5,8-9,12H2,1-2H3. The fourth-order valence-electron chi connectivity index (χ4n) is 3.28. The number of nitrogens with zero attached hydrogens (tertiary/aromatic N) is 3. The molecule has 4 heteroatoms. The molecule has 1 aliphatic carbocycles. The molecule has 0 saturated heterocycles. The topological polar surface area (TPSA) is 38.1 Å². The van der Waals surface area contributed by atoms with E-state index >= 15 is 0 Å². The molecule has 0 spiro atoms. The molecule has 3 rings (SSSR count). The van der Waals surface area contributed by atoms with Gasteiger partial charge in [0.25, 0.3) is 0 Å². The fraction of sp³-hybridized carbons (Fsp3) is 0.529. The van der Waals surface area contributed by atoms with E-state index in [9.17, 15) is 4.79 Å². The summed E-state index contributed by atoms with van der Waals surface area (Å²) in [5.41, 5.74) is 2.24. The van der Waals surface area contributed by atoms with E-state index in [4.69, 9.17) is 4.98 Å². The van der Waals surface area contributed by atoms with E-state index in [1.54, 1.807) is 11.8 Å². The highest BCUT2D eigenvalue weighted by Crippen LogP contribution is 2.32. The Hall–Kier alpha value is -1.84. The second-order valence-electron chi connectivity index (χ2n) is 6.05. The van der Waals surface area contributed by atoms with Crippen molar-refractivity contribution in [3.05, 3.63) is 30.1 Å². The summed E-state index contributed by atoms with van der Waals surface area (Å²) in [6.07, 6.45) is 6.36. The third-order valence-electron chi connectivity index (χ3n) is 4.52. The van der Waals surface area contributed by atoms with Crippen LogP contribution in [-0.2, 0) is 11.3 Å². The molecular weight excluding hydrogens is 262 g/mol. The van der Waals surface area contributed by atoms with Gasteiger partial charge in [-0.05, 0) is 25.0 Å². The molecule has 1 saturated carbocycles. The van der Waals surface area contributed by atoms with Gasteiger partial charge in [-0.3, -0.25) is 4.79 Å². The number of fused-ring (bicyclic) bond motifs is 1. The minimum atomic E-state index is 0.0808. The largest absolute Gasteiger partial charge is 0.339 e. The lowest BCUT2D eigenvalue weighted by atomic mass is 9.95. The van der Waals surface area contributed by atoms with Gasteiger partial charge in [-0.1, -0.05) is 31.4 Å². The summed E-state index contributed by atoms with van der Waals surface area (Å²) >= 11 is 0. The fourth-order valence-corrected chi connectivity index (χ4v) is 3.28. The normalized spacial score (nSPS) is 16.3. The second kappa shape index (κ2) is 5.88. The SMILES string of the molecule is CC(=O)N(C)Cc1nc2ccccc2n1C1CCCCC1. The summed E-state index contributed by atoms with van der Waals surface area (Å²) in [6, 6.07) is 8.84. The number of imidazole rings is 1. The van der Waals surface area contributed by atoms with Gasteiger partial charge in [0.2, 0.25) is 5.91 Å². The summed E-state index contributed by atoms with van der Waals surface area (Å²) in [7, 11) is 1.84. The first kappa shape index (κ1) is 14.1. The van der Waals surface area contributed by atoms with E-state index in [-0.39, 0.29) is 5.91 Å². The average molecular weight is 285 g/mol. The van der Waals surface area contributed by atoms with E-state index in [2.05, 4.69) is 22.8 Å². The van der Waals surface area contributed by atoms with Crippen molar-refractivity contribution in [1.82, 2.24) is 14.5 Å². The first-order chi connectivity index (χ1) is 10.2. The summed E-state index contributed by atoms with van der Waals surface area (Å²) in [5.74, 6) is 1.10. The number of aromatic nitrogens is 2. The van der Waals surface area contributed by atoms with E-state index in [0.29, 0.717) is 12.6 Å². The van der Waals surface area contributed by atoms with Crippen LogP contribution in [0.3, 0.4) is 0 Å². The molecule has 2 aromatic rings. The zero-order valence-corrected chi connectivity index (χ0v) is 12.9. The van der Waals surface area contributed by atoms with Crippen LogP contribution in [0.15, 0.2) is 24.3 Å². The highest BCUT2D eigenvalue weighted by Gasteiger charge is 2.22. The van der Waals surface area contributed by atoms with Gasteiger partial charge >= 0.3 is 0 Å². The van der Waals surface area contributed by atoms with Gasteiger partial charge in [0, 0.05) is 20.0 Å². The zero-order chi connectivity index (χ0) is 14.8. The second-order valence-corrected chi connectivity index (χ2v) is 6.05. The Balaban J connectivity index is 2.02. The molecule has 0 atom stereocenters. The maximum absolute atomic E-state index is 11.5. The van der Waals surface area contributed by atoms with Crippen molar-refractivity contribution < 1.29 is 4.79 Å². The highest BCUT2D eigenvalue weighted by molar-refractivity contribution is 5.76. The Morgan fingerprint density at radius 2 is 2.00 bits per heavy atom. The number of rotatable bonds is 3. The van der Waals surface area contributed by atoms with Gasteiger partial charge in [-0.2, -0.15) is 0 Å². The molecule has 1 heterocycles. The molecule has 0 N–H and O–H groups in total. The molecule has 0 aliphatic heterocycles. The van der Waals surface area contributed by atoms with Gasteiger partial charge in [-0.25, -0.2) is 4.98 Å². The third-order valence-corrected chi connectivity index (χ3v) is 4.52. The minimum absolute atomic E-state index is 0.0808. The van der Waals surface area contributed by atoms with Crippen LogP contribution in [-0.4, -0.2) is 27.4 Å². The number of hydrogen-bond acceptors (Lipinski definition) is 2. The molecule has 21 heavy (non-hydrogen) atoms. The Morgan fingerprint density at radius 1 is 1.29 bits per heavy atom. The monoisotopic (exact) mass is 285 g/mol. The number of hydrogen-bond donors (Lipinski definition) is 0. The van der Waals surface area contributed by atoms with E-state index < -0.39 is 0 Å². The molecule has 1 aromatic heterocycles. The first-order valence-electron chi connectivity index (χ1n) is 7.84. The van der Waals surface area contributed by atoms with Crippen LogP contribution in [0.2, 0.25) is 0 Å². The van der Waals surface area contributed by atoms with Crippen molar-refractivity contribution in [2.45, 2.75) is 51.6 Å². The van der Waals surface area contributed by atoms with Gasteiger partial charge in [-0.15, -0.1) is 0 Å². The molecule has 0 bridgehead atoms. The summed E-state index contributed by atoms with van der Waals surface area (Å²) in [6.45, 7) is 2.19. The van der Waals surface area contributed by atoms with Crippen molar-refractivity contribution >= 4 is 16.9 Å². The van der Waals surface area contributed by atoms with Crippen molar-refractivity contribution in [3.63, 3.8) is 0 Å². The van der Waals surface area contributed by atoms with E-state index in [0.717, 1.165) is 11.3 Å². The van der Waals surface area contributed by atoms with Crippen LogP contribution in [0.1, 0.15) is 50.9 Å². The number of amides is 1. The Morgan fingerprint density at radius 3 is 2.71 bits per heavy atom. The molecule has 0 unspecified atom stereocenters. The van der Waals surface area contributed by atoms with Crippen LogP contribution in [0.4, 0.5) is 0 Å². The van der Waals surface area contributed by atoms with Crippen LogP contribution in [0.5, 0.6) is 0 Å². The molecule has 4 nitrogen and oxygen atoms in total. The van der Waals surface area contributed by atoms with Gasteiger partial charge < -0.3 is 9.47 Å². The predicted molar refractivity (Wildman–Crippen MR) is 84.0 cm³/mol. The van der Waals surface area contributed by atoms with Crippen LogP contribution in [0.25, 0.3) is 11.0 Å².